The van der Waals surface area contributed by atoms with E-state index in [2.05, 4.69) is 15.9 Å². The molecule has 0 aromatic heterocycles. The fourth-order valence-corrected chi connectivity index (χ4v) is 2.82. The molecule has 0 atom stereocenters. The number of amides is 1. The summed E-state index contributed by atoms with van der Waals surface area (Å²) in [5.74, 6) is 0.239. The second-order valence-corrected chi connectivity index (χ2v) is 6.82. The molecule has 1 aliphatic rings. The molecule has 0 radical (unpaired) electrons. The van der Waals surface area contributed by atoms with Crippen LogP contribution in [0.15, 0.2) is 28.7 Å². The van der Waals surface area contributed by atoms with Crippen molar-refractivity contribution < 1.29 is 9.59 Å². The smallest absolute Gasteiger partial charge is 0.223 e. The minimum absolute atomic E-state index is 0.0737. The van der Waals surface area contributed by atoms with Gasteiger partial charge >= 0.3 is 0 Å². The van der Waals surface area contributed by atoms with E-state index in [1.165, 1.54) is 0 Å². The number of carbonyl (C=O) groups excluding carboxylic acids is 2. The number of nitrogens with zero attached hydrogens (tertiary/aromatic N) is 1. The van der Waals surface area contributed by atoms with Crippen molar-refractivity contribution >= 4 is 27.6 Å². The lowest BCUT2D eigenvalue weighted by atomic mass is 9.81. The van der Waals surface area contributed by atoms with E-state index in [9.17, 15) is 9.59 Å². The van der Waals surface area contributed by atoms with Crippen LogP contribution in [0.4, 0.5) is 0 Å². The number of hydrogen-bond acceptors (Lipinski definition) is 2. The molecule has 2 rings (SSSR count). The van der Waals surface area contributed by atoms with Crippen molar-refractivity contribution in [2.45, 2.75) is 33.1 Å². The Morgan fingerprint density at radius 1 is 1.35 bits per heavy atom. The number of halogens is 1. The quantitative estimate of drug-likeness (QED) is 0.849. The summed E-state index contributed by atoms with van der Waals surface area (Å²) in [6.07, 6.45) is 1.91. The Labute approximate surface area is 128 Å². The van der Waals surface area contributed by atoms with Crippen molar-refractivity contribution in [3.63, 3.8) is 0 Å². The predicted molar refractivity (Wildman–Crippen MR) is 82.4 cm³/mol. The van der Waals surface area contributed by atoms with E-state index in [4.69, 9.17) is 0 Å². The lowest BCUT2D eigenvalue weighted by Gasteiger charge is -2.35. The molecule has 0 N–H and O–H groups in total. The van der Waals surface area contributed by atoms with Crippen LogP contribution in [0.1, 0.15) is 32.3 Å². The summed E-state index contributed by atoms with van der Waals surface area (Å²) in [6.45, 7) is 4.87. The van der Waals surface area contributed by atoms with Crippen molar-refractivity contribution in [2.75, 3.05) is 13.1 Å². The van der Waals surface area contributed by atoms with Gasteiger partial charge in [0.15, 0.2) is 5.78 Å². The van der Waals surface area contributed by atoms with Gasteiger partial charge in [0.05, 0.1) is 6.54 Å². The molecule has 1 fully saturated rings. The molecule has 1 aliphatic heterocycles. The Morgan fingerprint density at radius 3 is 2.70 bits per heavy atom. The van der Waals surface area contributed by atoms with E-state index in [-0.39, 0.29) is 23.7 Å². The lowest BCUT2D eigenvalue weighted by molar-refractivity contribution is -0.142. The molecule has 3 nitrogen and oxygen atoms in total. The summed E-state index contributed by atoms with van der Waals surface area (Å²) < 4.78 is 1.03. The third-order valence-corrected chi connectivity index (χ3v) is 4.79. The van der Waals surface area contributed by atoms with Crippen LogP contribution < -0.4 is 0 Å². The Hall–Kier alpha value is -1.16. The maximum Gasteiger partial charge on any atom is 0.223 e. The van der Waals surface area contributed by atoms with Gasteiger partial charge in [0.1, 0.15) is 0 Å². The molecule has 0 unspecified atom stereocenters. The van der Waals surface area contributed by atoms with Gasteiger partial charge in [0.2, 0.25) is 5.91 Å². The van der Waals surface area contributed by atoms with E-state index in [1.54, 1.807) is 4.90 Å². The average Bonchev–Trinajstić information content (AvgIpc) is 2.40. The van der Waals surface area contributed by atoms with Gasteiger partial charge in [-0.1, -0.05) is 48.0 Å². The predicted octanol–water partition coefficient (Wildman–Crippen LogP) is 3.21. The van der Waals surface area contributed by atoms with Gasteiger partial charge in [-0.15, -0.1) is 0 Å². The van der Waals surface area contributed by atoms with E-state index < -0.39 is 0 Å². The van der Waals surface area contributed by atoms with Crippen LogP contribution in [0.25, 0.3) is 0 Å². The van der Waals surface area contributed by atoms with Crippen LogP contribution in [0.2, 0.25) is 0 Å². The zero-order valence-corrected chi connectivity index (χ0v) is 13.6. The summed E-state index contributed by atoms with van der Waals surface area (Å²) >= 11 is 3.49. The van der Waals surface area contributed by atoms with Gasteiger partial charge in [-0.2, -0.15) is 0 Å². The number of benzene rings is 1. The van der Waals surface area contributed by atoms with Crippen LogP contribution in [0.3, 0.4) is 0 Å². The summed E-state index contributed by atoms with van der Waals surface area (Å²) in [5, 5.41) is 0. The monoisotopic (exact) mass is 337 g/mol. The molecule has 108 valence electrons. The molecular weight excluding hydrogens is 318 g/mol. The number of piperidine rings is 1. The van der Waals surface area contributed by atoms with Crippen LogP contribution in [0.5, 0.6) is 0 Å². The number of aryl methyl sites for hydroxylation is 1. The summed E-state index contributed by atoms with van der Waals surface area (Å²) in [6, 6.07) is 7.92. The Morgan fingerprint density at radius 2 is 2.05 bits per heavy atom. The first-order chi connectivity index (χ1) is 9.40. The summed E-state index contributed by atoms with van der Waals surface area (Å²) in [5.41, 5.74) is 0.851. The highest BCUT2D eigenvalue weighted by Crippen LogP contribution is 2.27. The number of likely N-dealkylation sites (tertiary alicyclic amines) is 1. The average molecular weight is 338 g/mol. The van der Waals surface area contributed by atoms with Crippen LogP contribution in [0, 0.1) is 5.41 Å². The fraction of sp³-hybridized carbons (Fsp3) is 0.500. The van der Waals surface area contributed by atoms with Crippen LogP contribution >= 0.6 is 15.9 Å². The second kappa shape index (κ2) is 6.08. The summed E-state index contributed by atoms with van der Waals surface area (Å²) in [7, 11) is 0. The molecule has 0 aliphatic carbocycles. The highest BCUT2D eigenvalue weighted by Gasteiger charge is 2.35. The second-order valence-electron chi connectivity index (χ2n) is 5.96. The number of Topliss-reactive ketones (excluding diaryl/α,β-unsaturated/α-hetero) is 1. The molecule has 1 amide bonds. The van der Waals surface area contributed by atoms with E-state index >= 15 is 0 Å². The number of ketones is 1. The highest BCUT2D eigenvalue weighted by molar-refractivity contribution is 9.10. The van der Waals surface area contributed by atoms with Gasteiger partial charge < -0.3 is 4.90 Å². The van der Waals surface area contributed by atoms with Crippen molar-refractivity contribution in [1.29, 1.82) is 0 Å². The van der Waals surface area contributed by atoms with Crippen molar-refractivity contribution in [3.8, 4) is 0 Å². The molecule has 0 spiro atoms. The first-order valence-electron chi connectivity index (χ1n) is 6.94. The number of hydrogen-bond donors (Lipinski definition) is 0. The Kier molecular flexibility index (Phi) is 4.63. The van der Waals surface area contributed by atoms with Crippen LogP contribution in [-0.2, 0) is 16.0 Å². The fourth-order valence-electron chi connectivity index (χ4n) is 2.33. The molecule has 0 bridgehead atoms. The van der Waals surface area contributed by atoms with Gasteiger partial charge in [0.25, 0.3) is 0 Å². The number of carbonyl (C=O) groups is 2. The van der Waals surface area contributed by atoms with E-state index in [0.717, 1.165) is 16.5 Å². The van der Waals surface area contributed by atoms with Crippen LogP contribution in [-0.4, -0.2) is 29.7 Å². The maximum absolute atomic E-state index is 12.2. The molecule has 20 heavy (non-hydrogen) atoms. The molecule has 1 heterocycles. The first kappa shape index (κ1) is 15.2. The van der Waals surface area contributed by atoms with Gasteiger partial charge in [-0.25, -0.2) is 0 Å². The molecule has 4 heteroatoms. The van der Waals surface area contributed by atoms with Crippen molar-refractivity contribution in [2.24, 2.45) is 5.41 Å². The number of rotatable bonds is 3. The third-order valence-electron chi connectivity index (χ3n) is 4.01. The normalized spacial score (nSPS) is 18.1. The lowest BCUT2D eigenvalue weighted by Crippen LogP contribution is -2.47. The van der Waals surface area contributed by atoms with E-state index in [1.807, 2.05) is 38.1 Å². The minimum atomic E-state index is -0.279. The molecular formula is C16H20BrNO2. The Bertz CT molecular complexity index is 525. The molecule has 1 aromatic rings. The van der Waals surface area contributed by atoms with Gasteiger partial charge in [-0.3, -0.25) is 9.59 Å². The van der Waals surface area contributed by atoms with E-state index in [0.29, 0.717) is 19.4 Å². The highest BCUT2D eigenvalue weighted by atomic mass is 79.9. The maximum atomic E-state index is 12.2. The van der Waals surface area contributed by atoms with Gasteiger partial charge in [0, 0.05) is 22.9 Å². The SMILES string of the molecule is CC1(C)CCN(C(=O)CCc2ccccc2Br)CC1=O. The Balaban J connectivity index is 1.90. The van der Waals surface area contributed by atoms with Crippen molar-refractivity contribution in [1.82, 2.24) is 4.90 Å². The molecule has 1 aromatic carbocycles. The molecule has 0 saturated carbocycles. The standard InChI is InChI=1S/C16H20BrNO2/c1-16(2)9-10-18(11-14(16)19)15(20)8-7-12-5-3-4-6-13(12)17/h3-6H,7-11H2,1-2H3. The zero-order valence-electron chi connectivity index (χ0n) is 12.0. The van der Waals surface area contributed by atoms with Crippen molar-refractivity contribution in [3.05, 3.63) is 34.3 Å². The largest absolute Gasteiger partial charge is 0.335 e. The first-order valence-corrected chi connectivity index (χ1v) is 7.74. The summed E-state index contributed by atoms with van der Waals surface area (Å²) in [4.78, 5) is 25.9. The third kappa shape index (κ3) is 3.48. The minimum Gasteiger partial charge on any atom is -0.335 e. The zero-order chi connectivity index (χ0) is 14.8. The van der Waals surface area contributed by atoms with Gasteiger partial charge in [-0.05, 0) is 24.5 Å². The molecule has 1 saturated heterocycles. The topological polar surface area (TPSA) is 37.4 Å².